The third-order valence-corrected chi connectivity index (χ3v) is 4.79. The molecule has 3 rings (SSSR count). The first kappa shape index (κ1) is 23.9. The summed E-state index contributed by atoms with van der Waals surface area (Å²) >= 11 is 5.88. The van der Waals surface area contributed by atoms with Crippen molar-refractivity contribution in [1.29, 1.82) is 5.26 Å². The van der Waals surface area contributed by atoms with E-state index in [1.54, 1.807) is 36.4 Å². The average Bonchev–Trinajstić information content (AvgIpc) is 2.83. The number of nitriles is 1. The summed E-state index contributed by atoms with van der Waals surface area (Å²) in [5, 5.41) is 32.2. The fourth-order valence-corrected chi connectivity index (χ4v) is 3.04. The lowest BCUT2D eigenvalue weighted by molar-refractivity contribution is -0.394. The molecule has 0 bridgehead atoms. The normalized spacial score (nSPS) is 10.8. The number of methoxy groups -OCH3 is 1. The Hall–Kier alpha value is -4.75. The summed E-state index contributed by atoms with van der Waals surface area (Å²) in [5.41, 5.74) is -0.0590. The molecule has 0 aliphatic heterocycles. The van der Waals surface area contributed by atoms with Crippen molar-refractivity contribution in [2.75, 3.05) is 7.11 Å². The van der Waals surface area contributed by atoms with Crippen LogP contribution in [0, 0.1) is 31.6 Å². The summed E-state index contributed by atoms with van der Waals surface area (Å²) in [6, 6.07) is 15.8. The van der Waals surface area contributed by atoms with E-state index in [1.807, 2.05) is 0 Å². The van der Waals surface area contributed by atoms with E-state index in [4.69, 9.17) is 21.1 Å². The second-order valence-electron chi connectivity index (χ2n) is 6.73. The van der Waals surface area contributed by atoms with Gasteiger partial charge in [-0.05, 0) is 41.5 Å². The quantitative estimate of drug-likeness (QED) is 0.108. The van der Waals surface area contributed by atoms with E-state index >= 15 is 0 Å². The van der Waals surface area contributed by atoms with Gasteiger partial charge in [-0.3, -0.25) is 20.2 Å². The van der Waals surface area contributed by atoms with Crippen LogP contribution in [0.4, 0.5) is 11.4 Å². The molecule has 0 N–H and O–H groups in total. The number of carbonyl (C=O) groups excluding carboxylic acids is 1. The van der Waals surface area contributed by atoms with Crippen molar-refractivity contribution in [2.45, 2.75) is 0 Å². The van der Waals surface area contributed by atoms with Gasteiger partial charge in [0, 0.05) is 17.2 Å². The summed E-state index contributed by atoms with van der Waals surface area (Å²) in [5.74, 6) is -0.938. The molecule has 0 fully saturated rings. The predicted octanol–water partition coefficient (Wildman–Crippen LogP) is 5.45. The molecule has 0 heterocycles. The van der Waals surface area contributed by atoms with Gasteiger partial charge in [-0.2, -0.15) is 5.26 Å². The average molecular weight is 480 g/mol. The molecule has 10 nitrogen and oxygen atoms in total. The SMILES string of the molecule is COc1cc(/C=C(/C#N)c2ccc(Cl)cc2)ccc1OC(=O)c1cc([N+](=O)[O-])cc([N+](=O)[O-])c1. The number of esters is 1. The smallest absolute Gasteiger partial charge is 0.344 e. The lowest BCUT2D eigenvalue weighted by Crippen LogP contribution is -2.10. The number of nitro groups is 2. The molecule has 0 saturated heterocycles. The minimum absolute atomic E-state index is 0.0243. The molecule has 34 heavy (non-hydrogen) atoms. The molecular weight excluding hydrogens is 466 g/mol. The zero-order chi connectivity index (χ0) is 24.8. The predicted molar refractivity (Wildman–Crippen MR) is 123 cm³/mol. The standard InChI is InChI=1S/C23H14ClN3O7/c1-33-22-9-14(8-17(13-25)15-3-5-18(24)6-4-15)2-7-21(22)34-23(28)16-10-19(26(29)30)12-20(11-16)27(31)32/h2-12H,1H3/b17-8-. The van der Waals surface area contributed by atoms with Crippen LogP contribution in [0.15, 0.2) is 60.7 Å². The van der Waals surface area contributed by atoms with Crippen molar-refractivity contribution in [3.8, 4) is 17.6 Å². The Bertz CT molecular complexity index is 1330. The van der Waals surface area contributed by atoms with Gasteiger partial charge >= 0.3 is 5.97 Å². The molecule has 0 aliphatic carbocycles. The first-order valence-electron chi connectivity index (χ1n) is 9.43. The van der Waals surface area contributed by atoms with Crippen LogP contribution >= 0.6 is 11.6 Å². The van der Waals surface area contributed by atoms with Crippen molar-refractivity contribution in [2.24, 2.45) is 0 Å². The maximum Gasteiger partial charge on any atom is 0.344 e. The van der Waals surface area contributed by atoms with Crippen LogP contribution in [0.3, 0.4) is 0 Å². The van der Waals surface area contributed by atoms with Crippen LogP contribution in [0.25, 0.3) is 11.6 Å². The molecule has 0 atom stereocenters. The third-order valence-electron chi connectivity index (χ3n) is 4.54. The van der Waals surface area contributed by atoms with Gasteiger partial charge in [0.05, 0.1) is 40.2 Å². The van der Waals surface area contributed by atoms with Gasteiger partial charge in [-0.25, -0.2) is 4.79 Å². The molecule has 0 aliphatic rings. The fraction of sp³-hybridized carbons (Fsp3) is 0.0435. The highest BCUT2D eigenvalue weighted by atomic mass is 35.5. The number of carbonyl (C=O) groups is 1. The number of benzene rings is 3. The largest absolute Gasteiger partial charge is 0.493 e. The monoisotopic (exact) mass is 479 g/mol. The maximum absolute atomic E-state index is 12.6. The molecular formula is C23H14ClN3O7. The first-order valence-corrected chi connectivity index (χ1v) is 9.81. The highest BCUT2D eigenvalue weighted by molar-refractivity contribution is 6.30. The van der Waals surface area contributed by atoms with E-state index in [2.05, 4.69) is 6.07 Å². The number of hydrogen-bond acceptors (Lipinski definition) is 8. The van der Waals surface area contributed by atoms with E-state index in [9.17, 15) is 30.3 Å². The van der Waals surface area contributed by atoms with E-state index in [0.717, 1.165) is 18.2 Å². The molecule has 3 aromatic rings. The molecule has 0 spiro atoms. The number of allylic oxidation sites excluding steroid dienone is 1. The number of halogens is 1. The Morgan fingerprint density at radius 1 is 0.941 bits per heavy atom. The minimum atomic E-state index is -1.05. The number of ether oxygens (including phenoxy) is 2. The maximum atomic E-state index is 12.6. The van der Waals surface area contributed by atoms with Gasteiger partial charge in [0.15, 0.2) is 11.5 Å². The van der Waals surface area contributed by atoms with Gasteiger partial charge in [0.25, 0.3) is 11.4 Å². The van der Waals surface area contributed by atoms with Crippen molar-refractivity contribution in [1.82, 2.24) is 0 Å². The van der Waals surface area contributed by atoms with Crippen molar-refractivity contribution >= 4 is 40.6 Å². The van der Waals surface area contributed by atoms with E-state index in [0.29, 0.717) is 21.7 Å². The van der Waals surface area contributed by atoms with Crippen LogP contribution in [-0.2, 0) is 0 Å². The highest BCUT2D eigenvalue weighted by Crippen LogP contribution is 2.31. The van der Waals surface area contributed by atoms with Gasteiger partial charge in [-0.1, -0.05) is 29.8 Å². The fourth-order valence-electron chi connectivity index (χ4n) is 2.92. The molecule has 11 heteroatoms. The summed E-state index contributed by atoms with van der Waals surface area (Å²) < 4.78 is 10.5. The Morgan fingerprint density at radius 2 is 1.56 bits per heavy atom. The van der Waals surface area contributed by atoms with Crippen LogP contribution in [0.1, 0.15) is 21.5 Å². The molecule has 3 aromatic carbocycles. The number of hydrogen-bond donors (Lipinski definition) is 0. The number of nitro benzene ring substituents is 2. The molecule has 170 valence electrons. The Kier molecular flexibility index (Phi) is 7.20. The van der Waals surface area contributed by atoms with Crippen molar-refractivity contribution < 1.29 is 24.1 Å². The zero-order valence-corrected chi connectivity index (χ0v) is 18.2. The molecule has 0 amide bonds. The van der Waals surface area contributed by atoms with Gasteiger partial charge in [0.1, 0.15) is 0 Å². The van der Waals surface area contributed by atoms with Crippen molar-refractivity contribution in [3.05, 3.63) is 103 Å². The van der Waals surface area contributed by atoms with Crippen LogP contribution < -0.4 is 9.47 Å². The number of non-ortho nitro benzene ring substituents is 2. The molecule has 0 saturated carbocycles. The topological polar surface area (TPSA) is 146 Å². The summed E-state index contributed by atoms with van der Waals surface area (Å²) in [7, 11) is 1.34. The van der Waals surface area contributed by atoms with Crippen LogP contribution in [0.2, 0.25) is 5.02 Å². The van der Waals surface area contributed by atoms with Gasteiger partial charge < -0.3 is 9.47 Å². The Morgan fingerprint density at radius 3 is 2.09 bits per heavy atom. The summed E-state index contributed by atoms with van der Waals surface area (Å²) in [6.45, 7) is 0. The lowest BCUT2D eigenvalue weighted by Gasteiger charge is -2.10. The summed E-state index contributed by atoms with van der Waals surface area (Å²) in [4.78, 5) is 33.0. The van der Waals surface area contributed by atoms with Crippen LogP contribution in [-0.4, -0.2) is 22.9 Å². The Labute approximate surface area is 197 Å². The van der Waals surface area contributed by atoms with Crippen LogP contribution in [0.5, 0.6) is 11.5 Å². The Balaban J connectivity index is 1.91. The van der Waals surface area contributed by atoms with Gasteiger partial charge in [-0.15, -0.1) is 0 Å². The van der Waals surface area contributed by atoms with E-state index in [1.165, 1.54) is 19.2 Å². The molecule has 0 aromatic heterocycles. The molecule has 0 radical (unpaired) electrons. The second kappa shape index (κ2) is 10.2. The zero-order valence-electron chi connectivity index (χ0n) is 17.4. The second-order valence-corrected chi connectivity index (χ2v) is 7.17. The number of nitrogens with zero attached hydrogens (tertiary/aromatic N) is 3. The highest BCUT2D eigenvalue weighted by Gasteiger charge is 2.22. The van der Waals surface area contributed by atoms with E-state index < -0.39 is 27.2 Å². The van der Waals surface area contributed by atoms with Gasteiger partial charge in [0.2, 0.25) is 0 Å². The minimum Gasteiger partial charge on any atom is -0.493 e. The molecule has 0 unspecified atom stereocenters. The first-order chi connectivity index (χ1) is 16.2. The summed E-state index contributed by atoms with van der Waals surface area (Å²) in [6.07, 6.45) is 1.60. The number of rotatable bonds is 7. The lowest BCUT2D eigenvalue weighted by atomic mass is 10.0. The van der Waals surface area contributed by atoms with E-state index in [-0.39, 0.29) is 17.1 Å². The third kappa shape index (κ3) is 5.53. The van der Waals surface area contributed by atoms with Crippen molar-refractivity contribution in [3.63, 3.8) is 0 Å².